The fraction of sp³-hybridized carbons (Fsp3) is 0.364. The molecule has 0 bridgehead atoms. The van der Waals surface area contributed by atoms with Gasteiger partial charge in [0.05, 0.1) is 0 Å². The van der Waals surface area contributed by atoms with E-state index in [-0.39, 0.29) is 6.42 Å². The van der Waals surface area contributed by atoms with Crippen LogP contribution in [0.25, 0.3) is 0 Å². The first kappa shape index (κ1) is 12.4. The highest BCUT2D eigenvalue weighted by atomic mass is 19.1. The molecule has 0 unspecified atom stereocenters. The molecule has 0 aliphatic rings. The van der Waals surface area contributed by atoms with Crippen molar-refractivity contribution in [2.45, 2.75) is 18.9 Å². The molecule has 0 amide bonds. The Balaban J connectivity index is 2.81. The van der Waals surface area contributed by atoms with Crippen LogP contribution >= 0.6 is 0 Å². The summed E-state index contributed by atoms with van der Waals surface area (Å²) < 4.78 is 16.6. The number of aliphatic carboxylic acids is 1. The molecule has 0 aliphatic heterocycles. The van der Waals surface area contributed by atoms with Gasteiger partial charge in [-0.05, 0) is 24.6 Å². The molecule has 16 heavy (non-hydrogen) atoms. The predicted octanol–water partition coefficient (Wildman–Crippen LogP) is 1.34. The predicted molar refractivity (Wildman–Crippen MR) is 57.0 cm³/mol. The lowest BCUT2D eigenvalue weighted by atomic mass is 9.94. The number of benzene rings is 1. The van der Waals surface area contributed by atoms with Gasteiger partial charge in [-0.25, -0.2) is 4.39 Å². The quantitative estimate of drug-likeness (QED) is 0.796. The maximum absolute atomic E-state index is 11.9. The van der Waals surface area contributed by atoms with Crippen LogP contribution in [0.15, 0.2) is 24.3 Å². The van der Waals surface area contributed by atoms with Crippen LogP contribution < -0.4 is 10.5 Å². The number of hydrogen-bond acceptors (Lipinski definition) is 3. The van der Waals surface area contributed by atoms with E-state index in [9.17, 15) is 9.18 Å². The number of carboxylic acids is 1. The first-order valence-corrected chi connectivity index (χ1v) is 4.75. The molecule has 88 valence electrons. The lowest BCUT2D eigenvalue weighted by molar-refractivity contribution is -0.142. The Labute approximate surface area is 92.8 Å². The monoisotopic (exact) mass is 227 g/mol. The van der Waals surface area contributed by atoms with Gasteiger partial charge in [0.2, 0.25) is 6.86 Å². The molecule has 0 fully saturated rings. The van der Waals surface area contributed by atoms with Gasteiger partial charge in [0.1, 0.15) is 11.3 Å². The number of hydrogen-bond donors (Lipinski definition) is 2. The number of alkyl halides is 1. The third-order valence-electron chi connectivity index (χ3n) is 2.18. The summed E-state index contributed by atoms with van der Waals surface area (Å²) in [6, 6.07) is 6.56. The second kappa shape index (κ2) is 4.94. The molecule has 0 saturated heterocycles. The third-order valence-corrected chi connectivity index (χ3v) is 2.18. The summed E-state index contributed by atoms with van der Waals surface area (Å²) in [6.07, 6.45) is 0.159. The van der Waals surface area contributed by atoms with Crippen LogP contribution in [-0.4, -0.2) is 23.5 Å². The van der Waals surface area contributed by atoms with Gasteiger partial charge in [-0.1, -0.05) is 12.1 Å². The minimum absolute atomic E-state index is 0.159. The van der Waals surface area contributed by atoms with Crippen LogP contribution in [0.2, 0.25) is 0 Å². The number of rotatable bonds is 5. The molecular formula is C11H14FNO3. The van der Waals surface area contributed by atoms with E-state index >= 15 is 0 Å². The van der Waals surface area contributed by atoms with E-state index < -0.39 is 18.4 Å². The fourth-order valence-electron chi connectivity index (χ4n) is 1.31. The van der Waals surface area contributed by atoms with Crippen molar-refractivity contribution in [3.63, 3.8) is 0 Å². The minimum Gasteiger partial charge on any atom is -0.480 e. The number of ether oxygens (including phenoxy) is 1. The van der Waals surface area contributed by atoms with Gasteiger partial charge < -0.3 is 15.6 Å². The molecule has 0 aromatic heterocycles. The van der Waals surface area contributed by atoms with Crippen molar-refractivity contribution in [1.29, 1.82) is 0 Å². The van der Waals surface area contributed by atoms with E-state index in [4.69, 9.17) is 10.8 Å². The van der Waals surface area contributed by atoms with Crippen molar-refractivity contribution in [3.8, 4) is 5.75 Å². The smallest absolute Gasteiger partial charge is 0.323 e. The van der Waals surface area contributed by atoms with Gasteiger partial charge in [-0.3, -0.25) is 4.79 Å². The van der Waals surface area contributed by atoms with Gasteiger partial charge in [-0.2, -0.15) is 0 Å². The second-order valence-corrected chi connectivity index (χ2v) is 3.80. The Morgan fingerprint density at radius 3 is 2.88 bits per heavy atom. The Kier molecular flexibility index (Phi) is 3.84. The van der Waals surface area contributed by atoms with Crippen LogP contribution in [0.3, 0.4) is 0 Å². The molecule has 0 heterocycles. The molecule has 1 aromatic carbocycles. The zero-order chi connectivity index (χ0) is 12.2. The lowest BCUT2D eigenvalue weighted by Gasteiger charge is -2.19. The van der Waals surface area contributed by atoms with Crippen molar-refractivity contribution < 1.29 is 19.0 Å². The molecule has 5 heteroatoms. The van der Waals surface area contributed by atoms with Crippen molar-refractivity contribution >= 4 is 5.97 Å². The summed E-state index contributed by atoms with van der Waals surface area (Å²) in [6.45, 7) is 0.514. The van der Waals surface area contributed by atoms with Gasteiger partial charge in [0.25, 0.3) is 0 Å². The minimum atomic E-state index is -1.34. The second-order valence-electron chi connectivity index (χ2n) is 3.80. The molecule has 0 saturated carbocycles. The Bertz CT molecular complexity index is 379. The average Bonchev–Trinajstić information content (AvgIpc) is 2.17. The normalized spacial score (nSPS) is 14.2. The molecule has 0 aliphatic carbocycles. The topological polar surface area (TPSA) is 72.5 Å². The molecular weight excluding hydrogens is 213 g/mol. The summed E-state index contributed by atoms with van der Waals surface area (Å²) in [7, 11) is 0. The first-order valence-electron chi connectivity index (χ1n) is 4.75. The molecule has 3 N–H and O–H groups in total. The van der Waals surface area contributed by atoms with E-state index in [0.717, 1.165) is 0 Å². The highest BCUT2D eigenvalue weighted by Crippen LogP contribution is 2.17. The lowest BCUT2D eigenvalue weighted by Crippen LogP contribution is -2.46. The standard InChI is InChI=1S/C11H14FNO3/c1-11(13,10(14)15)6-8-3-2-4-9(5-8)16-7-12/h2-5H,6-7,13H2,1H3,(H,14,15)/t11-/m0/s1. The van der Waals surface area contributed by atoms with Crippen molar-refractivity contribution in [1.82, 2.24) is 0 Å². The highest BCUT2D eigenvalue weighted by molar-refractivity contribution is 5.78. The fourth-order valence-corrected chi connectivity index (χ4v) is 1.31. The van der Waals surface area contributed by atoms with Crippen LogP contribution in [0.1, 0.15) is 12.5 Å². The first-order chi connectivity index (χ1) is 7.45. The van der Waals surface area contributed by atoms with Crippen LogP contribution in [-0.2, 0) is 11.2 Å². The third kappa shape index (κ3) is 3.20. The Hall–Kier alpha value is -1.62. The molecule has 4 nitrogen and oxygen atoms in total. The van der Waals surface area contributed by atoms with Gasteiger partial charge in [0.15, 0.2) is 0 Å². The number of halogens is 1. The highest BCUT2D eigenvalue weighted by Gasteiger charge is 2.28. The average molecular weight is 227 g/mol. The van der Waals surface area contributed by atoms with Gasteiger partial charge in [0, 0.05) is 6.42 Å². The Morgan fingerprint density at radius 2 is 2.31 bits per heavy atom. The molecule has 1 rings (SSSR count). The van der Waals surface area contributed by atoms with Crippen LogP contribution in [0.4, 0.5) is 4.39 Å². The Morgan fingerprint density at radius 1 is 1.62 bits per heavy atom. The number of carbonyl (C=O) groups is 1. The van der Waals surface area contributed by atoms with Crippen LogP contribution in [0.5, 0.6) is 5.75 Å². The summed E-state index contributed by atoms with van der Waals surface area (Å²) in [5.74, 6) is -0.717. The van der Waals surface area contributed by atoms with Crippen molar-refractivity contribution in [2.75, 3.05) is 6.86 Å². The number of carboxylic acid groups (broad SMARTS) is 1. The molecule has 0 spiro atoms. The van der Waals surface area contributed by atoms with Gasteiger partial charge in [-0.15, -0.1) is 0 Å². The molecule has 1 aromatic rings. The van der Waals surface area contributed by atoms with Gasteiger partial charge >= 0.3 is 5.97 Å². The van der Waals surface area contributed by atoms with E-state index in [2.05, 4.69) is 4.74 Å². The summed E-state index contributed by atoms with van der Waals surface area (Å²) in [4.78, 5) is 10.8. The zero-order valence-electron chi connectivity index (χ0n) is 8.94. The van der Waals surface area contributed by atoms with E-state index in [1.807, 2.05) is 0 Å². The summed E-state index contributed by atoms with van der Waals surface area (Å²) >= 11 is 0. The van der Waals surface area contributed by atoms with E-state index in [0.29, 0.717) is 11.3 Å². The van der Waals surface area contributed by atoms with Crippen molar-refractivity contribution in [2.24, 2.45) is 5.73 Å². The zero-order valence-corrected chi connectivity index (χ0v) is 8.94. The molecule has 0 radical (unpaired) electrons. The summed E-state index contributed by atoms with van der Waals surface area (Å²) in [5, 5.41) is 8.86. The SMILES string of the molecule is C[C@](N)(Cc1cccc(OCF)c1)C(=O)O. The molecule has 1 atom stereocenters. The maximum Gasteiger partial charge on any atom is 0.323 e. The van der Waals surface area contributed by atoms with E-state index in [1.54, 1.807) is 24.3 Å². The number of nitrogens with two attached hydrogens (primary N) is 1. The summed E-state index contributed by atoms with van der Waals surface area (Å²) in [5.41, 5.74) is 4.96. The largest absolute Gasteiger partial charge is 0.480 e. The van der Waals surface area contributed by atoms with Crippen molar-refractivity contribution in [3.05, 3.63) is 29.8 Å². The van der Waals surface area contributed by atoms with Crippen LogP contribution in [0, 0.1) is 0 Å². The maximum atomic E-state index is 11.9. The van der Waals surface area contributed by atoms with E-state index in [1.165, 1.54) is 6.92 Å².